The van der Waals surface area contributed by atoms with Crippen LogP contribution in [0.1, 0.15) is 0 Å². The Balaban J connectivity index is 0.000000258. The number of anilines is 1. The number of nitrogens with zero attached hydrogens (tertiary/aromatic N) is 2. The molecule has 0 aromatic carbocycles. The minimum Gasteiger partial charge on any atom is -0.394 e. The van der Waals surface area contributed by atoms with Crippen LogP contribution in [-0.4, -0.2) is 70.9 Å². The van der Waals surface area contributed by atoms with Gasteiger partial charge in [0, 0.05) is 25.3 Å². The van der Waals surface area contributed by atoms with E-state index in [1.807, 2.05) is 45.2 Å². The van der Waals surface area contributed by atoms with Crippen LogP contribution in [0.25, 0.3) is 0 Å². The number of hydrogen-bond donors (Lipinski definition) is 4. The van der Waals surface area contributed by atoms with Crippen molar-refractivity contribution >= 4 is 63.4 Å². The highest BCUT2D eigenvalue weighted by Crippen LogP contribution is 2.23. The molecule has 0 radical (unpaired) electrons. The van der Waals surface area contributed by atoms with E-state index in [2.05, 4.69) is 15.3 Å². The molecule has 2 fully saturated rings. The van der Waals surface area contributed by atoms with Crippen molar-refractivity contribution in [3.8, 4) is 0 Å². The predicted octanol–water partition coefficient (Wildman–Crippen LogP) is 2.09. The van der Waals surface area contributed by atoms with E-state index < -0.39 is 28.9 Å². The van der Waals surface area contributed by atoms with Crippen molar-refractivity contribution in [2.24, 2.45) is 5.73 Å². The Morgan fingerprint density at radius 3 is 1.62 bits per heavy atom. The van der Waals surface area contributed by atoms with E-state index in [0.29, 0.717) is 35.8 Å². The van der Waals surface area contributed by atoms with E-state index in [0.717, 1.165) is 15.7 Å². The number of aliphatic hydroxyl groups excluding tert-OH is 2. The molecule has 4 rings (SSSR count). The zero-order chi connectivity index (χ0) is 23.1. The predicted molar refractivity (Wildman–Crippen MR) is 130 cm³/mol. The van der Waals surface area contributed by atoms with Crippen LogP contribution in [0.5, 0.6) is 0 Å². The summed E-state index contributed by atoms with van der Waals surface area (Å²) in [7, 11) is 0. The van der Waals surface area contributed by atoms with Gasteiger partial charge in [-0.25, -0.2) is 4.98 Å². The second-order valence-electron chi connectivity index (χ2n) is 6.99. The van der Waals surface area contributed by atoms with Crippen molar-refractivity contribution in [2.75, 3.05) is 45.0 Å². The third kappa shape index (κ3) is 9.36. The topological polar surface area (TPSA) is 123 Å². The molecule has 2 aromatic heterocycles. The molecule has 5 N–H and O–H groups in total. The molecule has 4 heterocycles. The summed E-state index contributed by atoms with van der Waals surface area (Å²) in [6, 6.07) is 5.38. The van der Waals surface area contributed by atoms with Gasteiger partial charge in [-0.3, -0.25) is 0 Å². The lowest BCUT2D eigenvalue weighted by atomic mass is 9.99. The van der Waals surface area contributed by atoms with Gasteiger partial charge in [0.05, 0.1) is 45.2 Å². The first-order chi connectivity index (χ1) is 14.6. The van der Waals surface area contributed by atoms with Crippen LogP contribution in [0.4, 0.5) is 19.0 Å². The van der Waals surface area contributed by atoms with Gasteiger partial charge < -0.3 is 30.7 Å². The maximum atomic E-state index is 13.0. The van der Waals surface area contributed by atoms with Gasteiger partial charge in [-0.1, -0.05) is 0 Å². The minimum atomic E-state index is -0.778. The number of aromatic nitrogens is 2. The zero-order valence-electron chi connectivity index (χ0n) is 16.5. The molecule has 8 nitrogen and oxygen atoms in total. The third-order valence-corrected chi connectivity index (χ3v) is 5.28. The molecule has 2 aliphatic heterocycles. The number of halogens is 6. The Hall–Kier alpha value is -0.560. The first-order valence-corrected chi connectivity index (χ1v) is 11.0. The van der Waals surface area contributed by atoms with Crippen molar-refractivity contribution in [1.82, 2.24) is 9.97 Å². The molecule has 0 unspecified atom stereocenters. The molecular formula is C18H22ClF3I2N4O4. The third-order valence-electron chi connectivity index (χ3n) is 4.03. The van der Waals surface area contributed by atoms with E-state index in [-0.39, 0.29) is 25.6 Å². The second kappa shape index (κ2) is 13.4. The molecule has 0 amide bonds. The Kier molecular flexibility index (Phi) is 12.3. The van der Waals surface area contributed by atoms with Crippen LogP contribution in [0.2, 0.25) is 0 Å². The average Bonchev–Trinajstić information content (AvgIpc) is 2.62. The Morgan fingerprint density at radius 2 is 1.34 bits per heavy atom. The first-order valence-electron chi connectivity index (χ1n) is 8.85. The summed E-state index contributed by atoms with van der Waals surface area (Å²) in [5.74, 6) is -1.66. The lowest BCUT2D eigenvalue weighted by molar-refractivity contribution is -0.0768. The fourth-order valence-electron chi connectivity index (χ4n) is 2.24. The summed E-state index contributed by atoms with van der Waals surface area (Å²) in [5.41, 5.74) is 4.53. The molecule has 0 saturated carbocycles. The van der Waals surface area contributed by atoms with E-state index in [1.165, 1.54) is 6.07 Å². The number of nitrogens with one attached hydrogen (secondary N) is 1. The van der Waals surface area contributed by atoms with Crippen LogP contribution in [-0.2, 0) is 9.47 Å². The number of rotatable bonds is 4. The van der Waals surface area contributed by atoms with Crippen LogP contribution >= 0.6 is 57.6 Å². The second-order valence-corrected chi connectivity index (χ2v) is 9.48. The van der Waals surface area contributed by atoms with Gasteiger partial charge in [0.1, 0.15) is 11.4 Å². The van der Waals surface area contributed by atoms with E-state index >= 15 is 0 Å². The van der Waals surface area contributed by atoms with Crippen LogP contribution < -0.4 is 11.1 Å². The smallest absolute Gasteiger partial charge is 0.216 e. The standard InChI is InChI=1S/C9H10FIN2O2.C5H2F2IN.C4H9NO2.ClH/c10-7-1-6(11)2-8(12-7)13-9(3-14)4-15-5-9;6-4-1-3(8)2-5(7)9-4;5-4(1-6)2-7-3-4;/h1-2,14H,3-5H2,(H,12,13);1-2H;6H,1-3,5H2;1H. The first kappa shape index (κ1) is 29.5. The highest BCUT2D eigenvalue weighted by atomic mass is 127. The summed E-state index contributed by atoms with van der Waals surface area (Å²) < 4.78 is 48.2. The lowest BCUT2D eigenvalue weighted by Crippen LogP contribution is -2.60. The van der Waals surface area contributed by atoms with E-state index in [1.54, 1.807) is 6.07 Å². The van der Waals surface area contributed by atoms with Gasteiger partial charge in [0.15, 0.2) is 0 Å². The number of nitrogens with two attached hydrogens (primary N) is 1. The molecule has 180 valence electrons. The highest BCUT2D eigenvalue weighted by molar-refractivity contribution is 14.1. The van der Waals surface area contributed by atoms with Gasteiger partial charge >= 0.3 is 0 Å². The summed E-state index contributed by atoms with van der Waals surface area (Å²) in [5, 5.41) is 20.6. The quantitative estimate of drug-likeness (QED) is 0.282. The Morgan fingerprint density at radius 1 is 0.875 bits per heavy atom. The number of pyridine rings is 2. The van der Waals surface area contributed by atoms with Gasteiger partial charge in [-0.05, 0) is 51.2 Å². The molecular weight excluding hydrogens is 682 g/mol. The molecule has 2 saturated heterocycles. The van der Waals surface area contributed by atoms with Crippen molar-refractivity contribution < 1.29 is 32.9 Å². The van der Waals surface area contributed by atoms with Crippen molar-refractivity contribution in [3.05, 3.63) is 49.2 Å². The summed E-state index contributed by atoms with van der Waals surface area (Å²) >= 11 is 3.82. The van der Waals surface area contributed by atoms with E-state index in [4.69, 9.17) is 20.3 Å². The zero-order valence-corrected chi connectivity index (χ0v) is 21.7. The number of ether oxygens (including phenoxy) is 2. The lowest BCUT2D eigenvalue weighted by Gasteiger charge is -2.40. The molecule has 0 aliphatic carbocycles. The number of hydrogen-bond acceptors (Lipinski definition) is 8. The van der Waals surface area contributed by atoms with Crippen LogP contribution in [0.15, 0.2) is 24.3 Å². The molecule has 2 aromatic rings. The Labute approximate surface area is 216 Å². The molecule has 0 bridgehead atoms. The van der Waals surface area contributed by atoms with Gasteiger partial charge in [-0.2, -0.15) is 18.2 Å². The molecule has 0 atom stereocenters. The van der Waals surface area contributed by atoms with Crippen molar-refractivity contribution in [2.45, 2.75) is 11.1 Å². The van der Waals surface area contributed by atoms with E-state index in [9.17, 15) is 18.3 Å². The van der Waals surface area contributed by atoms with Crippen molar-refractivity contribution in [3.63, 3.8) is 0 Å². The SMILES string of the molecule is Cl.Fc1cc(I)cc(F)n1.NC1(CO)COC1.OCC1(Nc2cc(I)cc(F)n2)COC1. The fourth-order valence-corrected chi connectivity index (χ4v) is 3.31. The minimum absolute atomic E-state index is 0. The Bertz CT molecular complexity index is 798. The monoisotopic (exact) mass is 704 g/mol. The highest BCUT2D eigenvalue weighted by Gasteiger charge is 2.38. The summed E-state index contributed by atoms with van der Waals surface area (Å²) in [6.45, 7) is 1.82. The van der Waals surface area contributed by atoms with Crippen molar-refractivity contribution in [1.29, 1.82) is 0 Å². The molecule has 0 spiro atoms. The largest absolute Gasteiger partial charge is 0.394 e. The normalized spacial score (nSPS) is 17.1. The molecule has 32 heavy (non-hydrogen) atoms. The molecule has 2 aliphatic rings. The average molecular weight is 705 g/mol. The maximum absolute atomic E-state index is 13.0. The molecule has 14 heteroatoms. The van der Waals surface area contributed by atoms with Gasteiger partial charge in [-0.15, -0.1) is 12.4 Å². The maximum Gasteiger partial charge on any atom is 0.216 e. The fraction of sp³-hybridized carbons (Fsp3) is 0.444. The van der Waals surface area contributed by atoms with Crippen LogP contribution in [0.3, 0.4) is 0 Å². The number of aliphatic hydroxyl groups is 2. The van der Waals surface area contributed by atoms with Gasteiger partial charge in [0.25, 0.3) is 0 Å². The summed E-state index contributed by atoms with van der Waals surface area (Å²) in [4.78, 5) is 6.60. The van der Waals surface area contributed by atoms with Gasteiger partial charge in [0.2, 0.25) is 17.8 Å². The van der Waals surface area contributed by atoms with Crippen LogP contribution in [0, 0.1) is 25.0 Å². The summed E-state index contributed by atoms with van der Waals surface area (Å²) in [6.07, 6.45) is 0.